The van der Waals surface area contributed by atoms with E-state index in [0.29, 0.717) is 37.1 Å². The number of amides is 1. The van der Waals surface area contributed by atoms with Gasteiger partial charge in [-0.05, 0) is 41.5 Å². The van der Waals surface area contributed by atoms with Crippen LogP contribution in [0.5, 0.6) is 0 Å². The summed E-state index contributed by atoms with van der Waals surface area (Å²) in [5.74, 6) is -1.66. The minimum atomic E-state index is -1.34. The van der Waals surface area contributed by atoms with E-state index in [1.54, 1.807) is 24.3 Å². The first-order valence-electron chi connectivity index (χ1n) is 8.04. The number of hydrogen-bond donors (Lipinski definition) is 3. The van der Waals surface area contributed by atoms with Crippen molar-refractivity contribution in [2.24, 2.45) is 0 Å². The second kappa shape index (κ2) is 8.22. The van der Waals surface area contributed by atoms with Gasteiger partial charge in [-0.3, -0.25) is 9.59 Å². The van der Waals surface area contributed by atoms with Gasteiger partial charge in [-0.2, -0.15) is 0 Å². The molecule has 3 rings (SSSR count). The van der Waals surface area contributed by atoms with Gasteiger partial charge in [0.25, 0.3) is 5.56 Å². The molecule has 1 aromatic heterocycles. The Kier molecular flexibility index (Phi) is 5.93. The summed E-state index contributed by atoms with van der Waals surface area (Å²) in [4.78, 5) is 38.0. The zero-order valence-corrected chi connectivity index (χ0v) is 16.5. The third-order valence-corrected chi connectivity index (χ3v) is 5.03. The summed E-state index contributed by atoms with van der Waals surface area (Å²) in [6.07, 6.45) is -0.0172. The van der Waals surface area contributed by atoms with Gasteiger partial charge < -0.3 is 15.4 Å². The zero-order valence-electron chi connectivity index (χ0n) is 14.2. The molecule has 3 aromatic rings. The highest BCUT2D eigenvalue weighted by Crippen LogP contribution is 2.25. The summed E-state index contributed by atoms with van der Waals surface area (Å²) in [7, 11) is 0. The lowest BCUT2D eigenvalue weighted by atomic mass is 10.1. The molecule has 9 heteroatoms. The molecule has 144 valence electrons. The van der Waals surface area contributed by atoms with Gasteiger partial charge in [0.1, 0.15) is 5.56 Å². The Morgan fingerprint density at radius 3 is 2.39 bits per heavy atom. The van der Waals surface area contributed by atoms with Gasteiger partial charge in [0.2, 0.25) is 5.91 Å². The SMILES string of the molecule is O=C(Cc1c(Cl)cccc1Cl)NCc1cc(Cl)cc2cc(C(=O)O)c(=O)[nH]c12. The van der Waals surface area contributed by atoms with Gasteiger partial charge in [0, 0.05) is 27.0 Å². The first kappa shape index (κ1) is 20.2. The number of aromatic amines is 1. The molecule has 28 heavy (non-hydrogen) atoms. The van der Waals surface area contributed by atoms with E-state index in [4.69, 9.17) is 39.9 Å². The van der Waals surface area contributed by atoms with Crippen LogP contribution in [0.1, 0.15) is 21.5 Å². The second-order valence-electron chi connectivity index (χ2n) is 6.00. The van der Waals surface area contributed by atoms with Gasteiger partial charge >= 0.3 is 5.97 Å². The van der Waals surface area contributed by atoms with E-state index in [2.05, 4.69) is 10.3 Å². The first-order valence-corrected chi connectivity index (χ1v) is 9.18. The number of carboxylic acids is 1. The predicted octanol–water partition coefficient (Wildman–Crippen LogP) is 4.05. The average Bonchev–Trinajstić information content (AvgIpc) is 2.62. The Morgan fingerprint density at radius 1 is 1.07 bits per heavy atom. The Labute approximate surface area is 174 Å². The largest absolute Gasteiger partial charge is 0.477 e. The summed E-state index contributed by atoms with van der Waals surface area (Å²) >= 11 is 18.3. The number of aromatic nitrogens is 1. The Hall–Kier alpha value is -2.54. The number of halogens is 3. The van der Waals surface area contributed by atoms with E-state index in [9.17, 15) is 14.4 Å². The molecule has 1 amide bonds. The highest BCUT2D eigenvalue weighted by molar-refractivity contribution is 6.36. The van der Waals surface area contributed by atoms with E-state index in [1.807, 2.05) is 0 Å². The standard InChI is InChI=1S/C19H13Cl3N2O4/c20-11-4-9-6-13(19(27)28)18(26)24-17(9)10(5-11)8-23-16(25)7-12-14(21)2-1-3-15(12)22/h1-6H,7-8H2,(H,23,25)(H,24,26)(H,27,28). The zero-order chi connectivity index (χ0) is 20.4. The molecule has 0 radical (unpaired) electrons. The fourth-order valence-electron chi connectivity index (χ4n) is 2.77. The van der Waals surface area contributed by atoms with Crippen molar-refractivity contribution in [1.29, 1.82) is 0 Å². The first-order chi connectivity index (χ1) is 13.3. The maximum Gasteiger partial charge on any atom is 0.341 e. The molecule has 0 fully saturated rings. The van der Waals surface area contributed by atoms with Gasteiger partial charge in [-0.25, -0.2) is 4.79 Å². The summed E-state index contributed by atoms with van der Waals surface area (Å²) < 4.78 is 0. The number of carboxylic acid groups (broad SMARTS) is 1. The molecule has 0 spiro atoms. The van der Waals surface area contributed by atoms with Crippen molar-refractivity contribution in [3.05, 3.63) is 78.5 Å². The molecule has 0 aliphatic carbocycles. The van der Waals surface area contributed by atoms with E-state index in [1.165, 1.54) is 12.1 Å². The maximum atomic E-state index is 12.3. The highest BCUT2D eigenvalue weighted by Gasteiger charge is 2.14. The van der Waals surface area contributed by atoms with Crippen LogP contribution in [0.25, 0.3) is 10.9 Å². The van der Waals surface area contributed by atoms with Crippen molar-refractivity contribution in [3.8, 4) is 0 Å². The quantitative estimate of drug-likeness (QED) is 0.558. The summed E-state index contributed by atoms with van der Waals surface area (Å²) in [5, 5.41) is 13.4. The number of H-pyrrole nitrogens is 1. The van der Waals surface area contributed by atoms with E-state index in [-0.39, 0.29) is 18.9 Å². The summed E-state index contributed by atoms with van der Waals surface area (Å²) in [5.41, 5.74) is 0.320. The number of aromatic carboxylic acids is 1. The number of rotatable bonds is 5. The number of pyridine rings is 1. The molecule has 0 aliphatic rings. The smallest absolute Gasteiger partial charge is 0.341 e. The Balaban J connectivity index is 1.86. The molecular weight excluding hydrogens is 427 g/mol. The molecule has 0 saturated carbocycles. The van der Waals surface area contributed by atoms with Gasteiger partial charge in [-0.1, -0.05) is 40.9 Å². The number of fused-ring (bicyclic) bond motifs is 1. The Morgan fingerprint density at radius 2 is 1.75 bits per heavy atom. The monoisotopic (exact) mass is 438 g/mol. The molecule has 1 heterocycles. The van der Waals surface area contributed by atoms with Crippen molar-refractivity contribution < 1.29 is 14.7 Å². The minimum Gasteiger partial charge on any atom is -0.477 e. The van der Waals surface area contributed by atoms with Crippen LogP contribution in [-0.2, 0) is 17.8 Å². The van der Waals surface area contributed by atoms with Gasteiger partial charge in [-0.15, -0.1) is 0 Å². The molecule has 0 saturated heterocycles. The van der Waals surface area contributed by atoms with Gasteiger partial charge in [0.15, 0.2) is 0 Å². The molecule has 0 bridgehead atoms. The minimum absolute atomic E-state index is 0.0172. The fourth-order valence-corrected chi connectivity index (χ4v) is 3.55. The second-order valence-corrected chi connectivity index (χ2v) is 7.25. The van der Waals surface area contributed by atoms with Crippen molar-refractivity contribution in [1.82, 2.24) is 10.3 Å². The van der Waals surface area contributed by atoms with E-state index in [0.717, 1.165) is 0 Å². The molecular formula is C19H13Cl3N2O4. The number of carbonyl (C=O) groups excluding carboxylic acids is 1. The summed E-state index contributed by atoms with van der Waals surface area (Å²) in [6, 6.07) is 9.34. The number of carbonyl (C=O) groups is 2. The highest BCUT2D eigenvalue weighted by atomic mass is 35.5. The van der Waals surface area contributed by atoms with Crippen LogP contribution in [-0.4, -0.2) is 22.0 Å². The van der Waals surface area contributed by atoms with Crippen LogP contribution in [0.2, 0.25) is 15.1 Å². The average molecular weight is 440 g/mol. The fraction of sp³-hybridized carbons (Fsp3) is 0.105. The van der Waals surface area contributed by atoms with Crippen LogP contribution in [0.15, 0.2) is 41.2 Å². The van der Waals surface area contributed by atoms with Crippen LogP contribution < -0.4 is 10.9 Å². The van der Waals surface area contributed by atoms with Crippen molar-refractivity contribution in [2.45, 2.75) is 13.0 Å². The molecule has 0 atom stereocenters. The number of nitrogens with one attached hydrogen (secondary N) is 2. The predicted molar refractivity (Wildman–Crippen MR) is 109 cm³/mol. The third kappa shape index (κ3) is 4.30. The number of hydrogen-bond acceptors (Lipinski definition) is 3. The molecule has 6 nitrogen and oxygen atoms in total. The van der Waals surface area contributed by atoms with Crippen LogP contribution in [0.4, 0.5) is 0 Å². The summed E-state index contributed by atoms with van der Waals surface area (Å²) in [6.45, 7) is 0.0698. The van der Waals surface area contributed by atoms with Crippen LogP contribution in [0, 0.1) is 0 Å². The molecule has 0 unspecified atom stereocenters. The Bertz CT molecular complexity index is 1140. The third-order valence-electron chi connectivity index (χ3n) is 4.10. The van der Waals surface area contributed by atoms with Crippen molar-refractivity contribution in [3.63, 3.8) is 0 Å². The molecule has 0 aliphatic heterocycles. The van der Waals surface area contributed by atoms with Crippen molar-refractivity contribution >= 4 is 57.6 Å². The van der Waals surface area contributed by atoms with E-state index < -0.39 is 17.1 Å². The molecule has 3 N–H and O–H groups in total. The normalized spacial score (nSPS) is 10.8. The lowest BCUT2D eigenvalue weighted by molar-refractivity contribution is -0.120. The number of benzene rings is 2. The maximum absolute atomic E-state index is 12.3. The van der Waals surface area contributed by atoms with Crippen LogP contribution >= 0.6 is 34.8 Å². The van der Waals surface area contributed by atoms with Crippen LogP contribution in [0.3, 0.4) is 0 Å². The lowest BCUT2D eigenvalue weighted by Crippen LogP contribution is -2.25. The lowest BCUT2D eigenvalue weighted by Gasteiger charge is -2.11. The van der Waals surface area contributed by atoms with E-state index >= 15 is 0 Å². The molecule has 2 aromatic carbocycles. The topological polar surface area (TPSA) is 99.3 Å². The van der Waals surface area contributed by atoms with Gasteiger partial charge in [0.05, 0.1) is 11.9 Å². The van der Waals surface area contributed by atoms with Crippen molar-refractivity contribution in [2.75, 3.05) is 0 Å².